The van der Waals surface area contributed by atoms with Crippen LogP contribution >= 0.6 is 0 Å². The molecule has 116 valence electrons. The Morgan fingerprint density at radius 1 is 1.33 bits per heavy atom. The van der Waals surface area contributed by atoms with E-state index >= 15 is 0 Å². The minimum Gasteiger partial charge on any atom is -0.481 e. The number of rotatable bonds is 5. The van der Waals surface area contributed by atoms with Crippen LogP contribution in [0.25, 0.3) is 0 Å². The quantitative estimate of drug-likeness (QED) is 0.769. The summed E-state index contributed by atoms with van der Waals surface area (Å²) >= 11 is 0. The summed E-state index contributed by atoms with van der Waals surface area (Å²) < 4.78 is 5.59. The number of nitrogens with two attached hydrogens (primary N) is 1. The van der Waals surface area contributed by atoms with E-state index in [1.54, 1.807) is 19.9 Å². The maximum Gasteiger partial charge on any atom is 0.321 e. The van der Waals surface area contributed by atoms with Crippen molar-refractivity contribution in [2.75, 3.05) is 6.54 Å². The molecule has 6 nitrogen and oxygen atoms in total. The summed E-state index contributed by atoms with van der Waals surface area (Å²) in [4.78, 5) is 23.1. The lowest BCUT2D eigenvalue weighted by Crippen LogP contribution is -2.45. The molecule has 3 amide bonds. The van der Waals surface area contributed by atoms with Gasteiger partial charge in [0.1, 0.15) is 5.75 Å². The molecule has 0 aliphatic rings. The summed E-state index contributed by atoms with van der Waals surface area (Å²) in [5.41, 5.74) is 7.71. The van der Waals surface area contributed by atoms with Crippen molar-refractivity contribution in [3.05, 3.63) is 29.3 Å². The lowest BCUT2D eigenvalue weighted by molar-refractivity contribution is -0.126. The van der Waals surface area contributed by atoms with Gasteiger partial charge < -0.3 is 15.8 Å². The van der Waals surface area contributed by atoms with Crippen molar-refractivity contribution in [3.8, 4) is 5.75 Å². The molecule has 0 bridgehead atoms. The molecule has 2 atom stereocenters. The number of imide groups is 1. The van der Waals surface area contributed by atoms with Gasteiger partial charge in [0.05, 0.1) is 0 Å². The summed E-state index contributed by atoms with van der Waals surface area (Å²) in [5, 5.41) is 4.70. The number of aryl methyl sites for hydroxylation is 1. The highest BCUT2D eigenvalue weighted by molar-refractivity contribution is 5.96. The van der Waals surface area contributed by atoms with E-state index < -0.39 is 18.0 Å². The first kappa shape index (κ1) is 17.0. The highest BCUT2D eigenvalue weighted by Gasteiger charge is 2.18. The number of nitrogens with one attached hydrogen (secondary N) is 2. The van der Waals surface area contributed by atoms with E-state index in [0.717, 1.165) is 11.1 Å². The third kappa shape index (κ3) is 5.07. The van der Waals surface area contributed by atoms with Gasteiger partial charge in [-0.25, -0.2) is 4.79 Å². The van der Waals surface area contributed by atoms with Crippen molar-refractivity contribution in [3.63, 3.8) is 0 Å². The maximum atomic E-state index is 11.8. The number of benzene rings is 1. The predicted molar refractivity (Wildman–Crippen MR) is 81.1 cm³/mol. The average Bonchev–Trinajstić information content (AvgIpc) is 2.40. The van der Waals surface area contributed by atoms with E-state index in [4.69, 9.17) is 10.5 Å². The second-order valence-corrected chi connectivity index (χ2v) is 4.92. The van der Waals surface area contributed by atoms with Gasteiger partial charge in [-0.3, -0.25) is 10.1 Å². The molecular weight excluding hydrogens is 270 g/mol. The minimum absolute atomic E-state index is 0.0591. The Balaban J connectivity index is 2.68. The second kappa shape index (κ2) is 7.64. The molecule has 0 radical (unpaired) electrons. The van der Waals surface area contributed by atoms with E-state index in [1.807, 2.05) is 26.0 Å². The molecule has 0 spiro atoms. The van der Waals surface area contributed by atoms with Crippen LogP contribution in [0, 0.1) is 6.92 Å². The van der Waals surface area contributed by atoms with Gasteiger partial charge in [-0.05, 0) is 44.9 Å². The van der Waals surface area contributed by atoms with Crippen LogP contribution < -0.4 is 21.1 Å². The van der Waals surface area contributed by atoms with Gasteiger partial charge in [0.2, 0.25) is 0 Å². The molecule has 0 aromatic heterocycles. The standard InChI is InChI=1S/C15H23N3O3/c1-5-17-15(20)18-14(19)11(4)21-13-7-6-12(10(3)16)8-9(13)2/h6-8,10-11H,5,16H2,1-4H3,(H2,17,18,19,20). The molecule has 21 heavy (non-hydrogen) atoms. The molecule has 0 heterocycles. The van der Waals surface area contributed by atoms with Crippen LogP contribution in [0.3, 0.4) is 0 Å². The lowest BCUT2D eigenvalue weighted by atomic mass is 10.1. The Kier molecular flexibility index (Phi) is 6.17. The fourth-order valence-electron chi connectivity index (χ4n) is 1.75. The molecule has 6 heteroatoms. The molecule has 1 rings (SSSR count). The summed E-state index contributed by atoms with van der Waals surface area (Å²) in [6.45, 7) is 7.60. The number of carbonyl (C=O) groups excluding carboxylic acids is 2. The summed E-state index contributed by atoms with van der Waals surface area (Å²) in [6, 6.07) is 4.98. The average molecular weight is 293 g/mol. The Labute approximate surface area is 125 Å². The van der Waals surface area contributed by atoms with Crippen molar-refractivity contribution in [2.45, 2.75) is 39.8 Å². The maximum absolute atomic E-state index is 11.8. The van der Waals surface area contributed by atoms with Gasteiger partial charge in [0, 0.05) is 12.6 Å². The summed E-state index contributed by atoms with van der Waals surface area (Å²) in [6.07, 6.45) is -0.771. The fourth-order valence-corrected chi connectivity index (χ4v) is 1.75. The molecule has 1 aromatic carbocycles. The highest BCUT2D eigenvalue weighted by atomic mass is 16.5. The monoisotopic (exact) mass is 293 g/mol. The van der Waals surface area contributed by atoms with Crippen molar-refractivity contribution in [1.82, 2.24) is 10.6 Å². The van der Waals surface area contributed by atoms with E-state index in [0.29, 0.717) is 12.3 Å². The highest BCUT2D eigenvalue weighted by Crippen LogP contribution is 2.22. The summed E-state index contributed by atoms with van der Waals surface area (Å²) in [5.74, 6) is 0.106. The smallest absolute Gasteiger partial charge is 0.321 e. The van der Waals surface area contributed by atoms with Crippen LogP contribution in [-0.2, 0) is 4.79 Å². The Morgan fingerprint density at radius 3 is 2.52 bits per heavy atom. The van der Waals surface area contributed by atoms with Gasteiger partial charge in [0.25, 0.3) is 5.91 Å². The zero-order valence-electron chi connectivity index (χ0n) is 12.9. The van der Waals surface area contributed by atoms with Crippen LogP contribution in [-0.4, -0.2) is 24.6 Å². The normalized spacial score (nSPS) is 13.2. The molecule has 0 fully saturated rings. The molecule has 0 aliphatic carbocycles. The Hall–Kier alpha value is -2.08. The zero-order valence-corrected chi connectivity index (χ0v) is 12.9. The van der Waals surface area contributed by atoms with Crippen LogP contribution in [0.2, 0.25) is 0 Å². The van der Waals surface area contributed by atoms with Crippen LogP contribution in [0.15, 0.2) is 18.2 Å². The second-order valence-electron chi connectivity index (χ2n) is 4.92. The number of ether oxygens (including phenoxy) is 1. The van der Waals surface area contributed by atoms with E-state index in [-0.39, 0.29) is 6.04 Å². The molecule has 0 saturated carbocycles. The topological polar surface area (TPSA) is 93.5 Å². The van der Waals surface area contributed by atoms with Crippen molar-refractivity contribution in [1.29, 1.82) is 0 Å². The van der Waals surface area contributed by atoms with E-state index in [9.17, 15) is 9.59 Å². The van der Waals surface area contributed by atoms with E-state index in [2.05, 4.69) is 10.6 Å². The molecular formula is C15H23N3O3. The largest absolute Gasteiger partial charge is 0.481 e. The minimum atomic E-state index is -0.771. The first-order chi connectivity index (χ1) is 9.85. The SMILES string of the molecule is CCNC(=O)NC(=O)C(C)Oc1ccc(C(C)N)cc1C. The molecule has 0 aliphatic heterocycles. The predicted octanol–water partition coefficient (Wildman–Crippen LogP) is 1.63. The van der Waals surface area contributed by atoms with Gasteiger partial charge in [-0.1, -0.05) is 12.1 Å². The number of carbonyl (C=O) groups is 2. The van der Waals surface area contributed by atoms with E-state index in [1.165, 1.54) is 0 Å². The van der Waals surface area contributed by atoms with Crippen LogP contribution in [0.1, 0.15) is 37.9 Å². The number of hydrogen-bond acceptors (Lipinski definition) is 4. The molecule has 1 aromatic rings. The first-order valence-corrected chi connectivity index (χ1v) is 6.96. The number of amides is 3. The molecule has 4 N–H and O–H groups in total. The van der Waals surface area contributed by atoms with Gasteiger partial charge in [-0.2, -0.15) is 0 Å². The van der Waals surface area contributed by atoms with Crippen LogP contribution in [0.5, 0.6) is 5.75 Å². The van der Waals surface area contributed by atoms with Gasteiger partial charge >= 0.3 is 6.03 Å². The number of hydrogen-bond donors (Lipinski definition) is 3. The lowest BCUT2D eigenvalue weighted by Gasteiger charge is -2.17. The molecule has 2 unspecified atom stereocenters. The Morgan fingerprint density at radius 2 is 2.00 bits per heavy atom. The van der Waals surface area contributed by atoms with Crippen molar-refractivity contribution < 1.29 is 14.3 Å². The van der Waals surface area contributed by atoms with Crippen LogP contribution in [0.4, 0.5) is 4.79 Å². The van der Waals surface area contributed by atoms with Gasteiger partial charge in [-0.15, -0.1) is 0 Å². The fraction of sp³-hybridized carbons (Fsp3) is 0.467. The third-order valence-corrected chi connectivity index (χ3v) is 2.97. The Bertz CT molecular complexity index is 515. The summed E-state index contributed by atoms with van der Waals surface area (Å²) in [7, 11) is 0. The first-order valence-electron chi connectivity index (χ1n) is 6.96. The van der Waals surface area contributed by atoms with Gasteiger partial charge in [0.15, 0.2) is 6.10 Å². The van der Waals surface area contributed by atoms with Crippen molar-refractivity contribution in [2.24, 2.45) is 5.73 Å². The molecule has 0 saturated heterocycles. The zero-order chi connectivity index (χ0) is 16.0. The number of urea groups is 1. The third-order valence-electron chi connectivity index (χ3n) is 2.97. The van der Waals surface area contributed by atoms with Crippen molar-refractivity contribution >= 4 is 11.9 Å².